The SMILES string of the molecule is CCCc1nnc(NC(=O)c2[nH]c(C)c(C(C)=O)c2CC)s1. The summed E-state index contributed by atoms with van der Waals surface area (Å²) in [6.07, 6.45) is 2.45. The highest BCUT2D eigenvalue weighted by molar-refractivity contribution is 7.15. The summed E-state index contributed by atoms with van der Waals surface area (Å²) in [6, 6.07) is 0. The molecule has 0 fully saturated rings. The third-order valence-corrected chi connectivity index (χ3v) is 4.27. The molecule has 0 unspecified atom stereocenters. The molecule has 22 heavy (non-hydrogen) atoms. The highest BCUT2D eigenvalue weighted by Crippen LogP contribution is 2.22. The molecule has 0 aromatic carbocycles. The summed E-state index contributed by atoms with van der Waals surface area (Å²) in [5.74, 6) is -0.322. The number of carbonyl (C=O) groups excluding carboxylic acids is 2. The van der Waals surface area contributed by atoms with Crippen LogP contribution in [0.1, 0.15) is 64.3 Å². The molecule has 0 aliphatic carbocycles. The minimum atomic E-state index is -0.286. The van der Waals surface area contributed by atoms with Crippen LogP contribution in [0.5, 0.6) is 0 Å². The van der Waals surface area contributed by atoms with Gasteiger partial charge >= 0.3 is 0 Å². The number of ketones is 1. The Kier molecular flexibility index (Phi) is 5.07. The van der Waals surface area contributed by atoms with Gasteiger partial charge in [-0.1, -0.05) is 25.2 Å². The highest BCUT2D eigenvalue weighted by atomic mass is 32.1. The molecule has 1 amide bonds. The van der Waals surface area contributed by atoms with E-state index in [1.165, 1.54) is 18.3 Å². The van der Waals surface area contributed by atoms with Crippen molar-refractivity contribution < 1.29 is 9.59 Å². The van der Waals surface area contributed by atoms with Crippen LogP contribution in [0, 0.1) is 6.92 Å². The van der Waals surface area contributed by atoms with Gasteiger partial charge in [0.15, 0.2) is 5.78 Å². The van der Waals surface area contributed by atoms with Gasteiger partial charge in [0, 0.05) is 17.7 Å². The summed E-state index contributed by atoms with van der Waals surface area (Å²) in [4.78, 5) is 27.2. The van der Waals surface area contributed by atoms with Gasteiger partial charge in [-0.3, -0.25) is 14.9 Å². The molecule has 0 aliphatic rings. The van der Waals surface area contributed by atoms with Crippen molar-refractivity contribution in [3.8, 4) is 0 Å². The normalized spacial score (nSPS) is 10.7. The maximum absolute atomic E-state index is 12.4. The van der Waals surface area contributed by atoms with E-state index >= 15 is 0 Å². The lowest BCUT2D eigenvalue weighted by atomic mass is 10.0. The number of aromatic amines is 1. The highest BCUT2D eigenvalue weighted by Gasteiger charge is 2.22. The van der Waals surface area contributed by atoms with Crippen LogP contribution in [-0.4, -0.2) is 26.9 Å². The van der Waals surface area contributed by atoms with Gasteiger partial charge < -0.3 is 4.98 Å². The van der Waals surface area contributed by atoms with Crippen molar-refractivity contribution in [2.45, 2.75) is 47.0 Å². The Bertz CT molecular complexity index is 702. The Labute approximate surface area is 133 Å². The molecular formula is C15H20N4O2S. The quantitative estimate of drug-likeness (QED) is 0.800. The maximum atomic E-state index is 12.4. The van der Waals surface area contributed by atoms with Crippen LogP contribution >= 0.6 is 11.3 Å². The smallest absolute Gasteiger partial charge is 0.274 e. The Hall–Kier alpha value is -2.02. The van der Waals surface area contributed by atoms with Crippen molar-refractivity contribution in [2.24, 2.45) is 0 Å². The van der Waals surface area contributed by atoms with Crippen molar-refractivity contribution in [3.63, 3.8) is 0 Å². The first-order chi connectivity index (χ1) is 10.5. The molecule has 7 heteroatoms. The van der Waals surface area contributed by atoms with Gasteiger partial charge in [0.1, 0.15) is 10.7 Å². The molecule has 2 aromatic rings. The molecule has 0 saturated heterocycles. The Morgan fingerprint density at radius 3 is 2.59 bits per heavy atom. The van der Waals surface area contributed by atoms with E-state index in [1.54, 1.807) is 6.92 Å². The lowest BCUT2D eigenvalue weighted by Gasteiger charge is -2.03. The Morgan fingerprint density at radius 1 is 1.27 bits per heavy atom. The lowest BCUT2D eigenvalue weighted by molar-refractivity contribution is 0.101. The third kappa shape index (κ3) is 3.24. The average Bonchev–Trinajstić information content (AvgIpc) is 3.03. The first-order valence-electron chi connectivity index (χ1n) is 7.34. The molecule has 2 heterocycles. The Balaban J connectivity index is 2.25. The van der Waals surface area contributed by atoms with Gasteiger partial charge in [0.05, 0.1) is 0 Å². The van der Waals surface area contributed by atoms with Gasteiger partial charge in [-0.2, -0.15) is 0 Å². The third-order valence-electron chi connectivity index (χ3n) is 3.37. The number of carbonyl (C=O) groups is 2. The summed E-state index contributed by atoms with van der Waals surface area (Å²) in [5.41, 5.74) is 2.51. The minimum Gasteiger partial charge on any atom is -0.354 e. The molecule has 118 valence electrons. The van der Waals surface area contributed by atoms with Crippen molar-refractivity contribution in [1.29, 1.82) is 0 Å². The van der Waals surface area contributed by atoms with Crippen LogP contribution in [0.2, 0.25) is 0 Å². The van der Waals surface area contributed by atoms with Crippen LogP contribution in [-0.2, 0) is 12.8 Å². The average molecular weight is 320 g/mol. The van der Waals surface area contributed by atoms with E-state index in [2.05, 4.69) is 27.4 Å². The second kappa shape index (κ2) is 6.83. The fraction of sp³-hybridized carbons (Fsp3) is 0.467. The summed E-state index contributed by atoms with van der Waals surface area (Å²) in [6.45, 7) is 7.31. The van der Waals surface area contributed by atoms with Crippen LogP contribution in [0.15, 0.2) is 0 Å². The van der Waals surface area contributed by atoms with Crippen LogP contribution in [0.3, 0.4) is 0 Å². The number of Topliss-reactive ketones (excluding diaryl/α,β-unsaturated/α-hetero) is 1. The largest absolute Gasteiger partial charge is 0.354 e. The second-order valence-corrected chi connectivity index (χ2v) is 6.16. The fourth-order valence-electron chi connectivity index (χ4n) is 2.48. The molecule has 6 nitrogen and oxygen atoms in total. The zero-order valence-electron chi connectivity index (χ0n) is 13.2. The number of nitrogens with one attached hydrogen (secondary N) is 2. The van der Waals surface area contributed by atoms with E-state index in [9.17, 15) is 9.59 Å². The molecule has 2 aromatic heterocycles. The maximum Gasteiger partial charge on any atom is 0.274 e. The number of aryl methyl sites for hydroxylation is 2. The first-order valence-corrected chi connectivity index (χ1v) is 8.15. The molecule has 2 N–H and O–H groups in total. The molecule has 2 rings (SSSR count). The van der Waals surface area contributed by atoms with Gasteiger partial charge in [0.25, 0.3) is 5.91 Å². The van der Waals surface area contributed by atoms with E-state index in [0.29, 0.717) is 22.8 Å². The minimum absolute atomic E-state index is 0.0363. The monoisotopic (exact) mass is 320 g/mol. The number of hydrogen-bond acceptors (Lipinski definition) is 5. The van der Waals surface area contributed by atoms with Crippen LogP contribution in [0.25, 0.3) is 0 Å². The summed E-state index contributed by atoms with van der Waals surface area (Å²) >= 11 is 1.38. The van der Waals surface area contributed by atoms with E-state index < -0.39 is 0 Å². The number of amides is 1. The second-order valence-electron chi connectivity index (χ2n) is 5.09. The summed E-state index contributed by atoms with van der Waals surface area (Å²) in [5, 5.41) is 12.1. The lowest BCUT2D eigenvalue weighted by Crippen LogP contribution is -2.14. The van der Waals surface area contributed by atoms with E-state index in [-0.39, 0.29) is 11.7 Å². The van der Waals surface area contributed by atoms with Crippen molar-refractivity contribution >= 4 is 28.2 Å². The zero-order valence-corrected chi connectivity index (χ0v) is 14.1. The molecule has 0 bridgehead atoms. The molecule has 0 aliphatic heterocycles. The molecule has 0 atom stereocenters. The predicted octanol–water partition coefficient (Wildman–Crippen LogP) is 3.14. The summed E-state index contributed by atoms with van der Waals surface area (Å²) in [7, 11) is 0. The number of anilines is 1. The molecule has 0 spiro atoms. The zero-order chi connectivity index (χ0) is 16.3. The van der Waals surface area contributed by atoms with E-state index in [4.69, 9.17) is 0 Å². The number of hydrogen-bond donors (Lipinski definition) is 2. The first kappa shape index (κ1) is 16.4. The number of H-pyrrole nitrogens is 1. The fourth-order valence-corrected chi connectivity index (χ4v) is 3.32. The molecule has 0 radical (unpaired) electrons. The number of rotatable bonds is 6. The van der Waals surface area contributed by atoms with Gasteiger partial charge in [-0.05, 0) is 32.3 Å². The van der Waals surface area contributed by atoms with Crippen molar-refractivity contribution in [2.75, 3.05) is 5.32 Å². The van der Waals surface area contributed by atoms with E-state index in [0.717, 1.165) is 29.1 Å². The Morgan fingerprint density at radius 2 is 2.00 bits per heavy atom. The van der Waals surface area contributed by atoms with Gasteiger partial charge in [-0.15, -0.1) is 10.2 Å². The van der Waals surface area contributed by atoms with Crippen LogP contribution in [0.4, 0.5) is 5.13 Å². The van der Waals surface area contributed by atoms with Gasteiger partial charge in [0.2, 0.25) is 5.13 Å². The topological polar surface area (TPSA) is 87.7 Å². The van der Waals surface area contributed by atoms with Gasteiger partial charge in [-0.25, -0.2) is 0 Å². The number of nitrogens with zero attached hydrogens (tertiary/aromatic N) is 2. The molecule has 0 saturated carbocycles. The molecular weight excluding hydrogens is 300 g/mol. The van der Waals surface area contributed by atoms with Crippen molar-refractivity contribution in [3.05, 3.63) is 27.5 Å². The van der Waals surface area contributed by atoms with E-state index in [1.807, 2.05) is 6.92 Å². The number of aromatic nitrogens is 3. The van der Waals surface area contributed by atoms with Crippen LogP contribution < -0.4 is 5.32 Å². The van der Waals surface area contributed by atoms with Crippen molar-refractivity contribution in [1.82, 2.24) is 15.2 Å². The standard InChI is InChI=1S/C15H20N4O2S/c1-5-7-11-18-19-15(22-11)17-14(21)13-10(6-2)12(9(4)20)8(3)16-13/h16H,5-7H2,1-4H3,(H,17,19,21). The predicted molar refractivity (Wildman–Crippen MR) is 86.8 cm³/mol. The summed E-state index contributed by atoms with van der Waals surface area (Å²) < 4.78 is 0.